The summed E-state index contributed by atoms with van der Waals surface area (Å²) in [5.41, 5.74) is 7.74. The second kappa shape index (κ2) is 13.7. The Bertz CT molecular complexity index is 491. The molecule has 0 aliphatic carbocycles. The van der Waals surface area contributed by atoms with E-state index >= 15 is 0 Å². The number of ether oxygens (including phenoxy) is 1. The molecule has 24 heavy (non-hydrogen) atoms. The van der Waals surface area contributed by atoms with Crippen LogP contribution in [-0.4, -0.2) is 0 Å². The lowest BCUT2D eigenvalue weighted by atomic mass is 10.1. The fourth-order valence-corrected chi connectivity index (χ4v) is 2.58. The molecule has 0 bridgehead atoms. The fraction of sp³-hybridized carbons (Fsp3) is 0.545. The number of hydrogen-bond donors (Lipinski definition) is 1. The highest BCUT2D eigenvalue weighted by Crippen LogP contribution is 2.23. The molecular weight excluding hydrogens is 294 g/mol. The largest absolute Gasteiger partial charge is 0.465 e. The van der Waals surface area contributed by atoms with E-state index in [2.05, 4.69) is 32.1 Å². The Hall–Kier alpha value is -1.70. The van der Waals surface area contributed by atoms with Crippen LogP contribution in [0.15, 0.2) is 36.6 Å². The van der Waals surface area contributed by atoms with E-state index in [0.717, 1.165) is 29.8 Å². The van der Waals surface area contributed by atoms with Gasteiger partial charge in [0.1, 0.15) is 5.75 Å². The molecular formula is C22H35NO. The van der Waals surface area contributed by atoms with Crippen molar-refractivity contribution in [3.8, 4) is 5.75 Å². The van der Waals surface area contributed by atoms with Gasteiger partial charge in [-0.05, 0) is 50.0 Å². The first kappa shape index (κ1) is 20.3. The van der Waals surface area contributed by atoms with Crippen molar-refractivity contribution in [2.75, 3.05) is 5.73 Å². The van der Waals surface area contributed by atoms with Crippen molar-refractivity contribution in [3.05, 3.63) is 42.2 Å². The van der Waals surface area contributed by atoms with Crippen LogP contribution in [-0.2, 0) is 0 Å². The topological polar surface area (TPSA) is 35.2 Å². The number of allylic oxidation sites excluding steroid dienone is 2. The zero-order valence-electron chi connectivity index (χ0n) is 15.6. The third-order valence-corrected chi connectivity index (χ3v) is 4.07. The van der Waals surface area contributed by atoms with E-state index in [1.54, 1.807) is 0 Å². The zero-order chi connectivity index (χ0) is 17.5. The molecule has 0 fully saturated rings. The van der Waals surface area contributed by atoms with Gasteiger partial charge in [0.05, 0.1) is 6.26 Å². The summed E-state index contributed by atoms with van der Waals surface area (Å²) in [7, 11) is 0. The number of nitrogen functional groups attached to an aromatic ring is 1. The van der Waals surface area contributed by atoms with Crippen LogP contribution in [0.3, 0.4) is 0 Å². The summed E-state index contributed by atoms with van der Waals surface area (Å²) in [6, 6.07) is 5.82. The molecule has 2 nitrogen and oxygen atoms in total. The van der Waals surface area contributed by atoms with E-state index in [0.29, 0.717) is 0 Å². The summed E-state index contributed by atoms with van der Waals surface area (Å²) >= 11 is 0. The SMILES string of the molecule is CCCCCCC=COc1ccc(N)cc1C=CCCCCCC. The van der Waals surface area contributed by atoms with Crippen LogP contribution in [0, 0.1) is 0 Å². The minimum atomic E-state index is 0.775. The van der Waals surface area contributed by atoms with Gasteiger partial charge in [0.25, 0.3) is 0 Å². The van der Waals surface area contributed by atoms with Crippen LogP contribution in [0.25, 0.3) is 6.08 Å². The van der Waals surface area contributed by atoms with Crippen molar-refractivity contribution in [2.45, 2.75) is 78.1 Å². The minimum absolute atomic E-state index is 0.775. The summed E-state index contributed by atoms with van der Waals surface area (Å²) in [6.07, 6.45) is 20.8. The number of hydrogen-bond acceptors (Lipinski definition) is 2. The van der Waals surface area contributed by atoms with E-state index in [9.17, 15) is 0 Å². The van der Waals surface area contributed by atoms with Crippen molar-refractivity contribution >= 4 is 11.8 Å². The second-order valence-corrected chi connectivity index (χ2v) is 6.39. The number of benzene rings is 1. The number of anilines is 1. The molecule has 1 aromatic carbocycles. The molecule has 2 N–H and O–H groups in total. The minimum Gasteiger partial charge on any atom is -0.465 e. The Morgan fingerprint density at radius 2 is 1.54 bits per heavy atom. The maximum absolute atomic E-state index is 5.91. The molecule has 1 rings (SSSR count). The number of nitrogens with two attached hydrogens (primary N) is 1. The molecule has 0 unspecified atom stereocenters. The maximum Gasteiger partial charge on any atom is 0.133 e. The summed E-state index contributed by atoms with van der Waals surface area (Å²) in [4.78, 5) is 0. The van der Waals surface area contributed by atoms with Gasteiger partial charge in [-0.15, -0.1) is 0 Å². The first-order valence-electron chi connectivity index (χ1n) is 9.65. The monoisotopic (exact) mass is 329 g/mol. The van der Waals surface area contributed by atoms with Gasteiger partial charge in [0.15, 0.2) is 0 Å². The molecule has 0 amide bonds. The van der Waals surface area contributed by atoms with Crippen molar-refractivity contribution < 1.29 is 4.74 Å². The number of rotatable bonds is 13. The Morgan fingerprint density at radius 1 is 0.875 bits per heavy atom. The van der Waals surface area contributed by atoms with Gasteiger partial charge < -0.3 is 10.5 Å². The standard InChI is InChI=1S/C22H35NO/c1-3-5-7-9-11-13-15-20-19-21(23)16-17-22(20)24-18-14-12-10-8-6-4-2/h13-19H,3-12,23H2,1-2H3. The molecule has 0 spiro atoms. The smallest absolute Gasteiger partial charge is 0.133 e. The van der Waals surface area contributed by atoms with Crippen molar-refractivity contribution in [1.82, 2.24) is 0 Å². The maximum atomic E-state index is 5.91. The fourth-order valence-electron chi connectivity index (χ4n) is 2.58. The van der Waals surface area contributed by atoms with Gasteiger partial charge >= 0.3 is 0 Å². The van der Waals surface area contributed by atoms with E-state index in [4.69, 9.17) is 10.5 Å². The Labute approximate surface area is 148 Å². The van der Waals surface area contributed by atoms with Crippen LogP contribution in [0.1, 0.15) is 83.6 Å². The average molecular weight is 330 g/mol. The molecule has 0 radical (unpaired) electrons. The highest BCUT2D eigenvalue weighted by Gasteiger charge is 2.00. The Kier molecular flexibility index (Phi) is 11.6. The molecule has 0 saturated heterocycles. The second-order valence-electron chi connectivity index (χ2n) is 6.39. The molecule has 0 aliphatic rings. The average Bonchev–Trinajstić information content (AvgIpc) is 2.58. The quantitative estimate of drug-likeness (QED) is 0.237. The van der Waals surface area contributed by atoms with Crippen molar-refractivity contribution in [3.63, 3.8) is 0 Å². The van der Waals surface area contributed by atoms with Gasteiger partial charge in [-0.2, -0.15) is 0 Å². The first-order valence-corrected chi connectivity index (χ1v) is 9.65. The van der Waals surface area contributed by atoms with E-state index in [-0.39, 0.29) is 0 Å². The summed E-state index contributed by atoms with van der Waals surface area (Å²) in [5, 5.41) is 0. The third kappa shape index (κ3) is 9.44. The summed E-state index contributed by atoms with van der Waals surface area (Å²) in [5.74, 6) is 0.874. The third-order valence-electron chi connectivity index (χ3n) is 4.07. The molecule has 2 heteroatoms. The lowest BCUT2D eigenvalue weighted by Gasteiger charge is -2.06. The van der Waals surface area contributed by atoms with Crippen LogP contribution in [0.5, 0.6) is 5.75 Å². The Balaban J connectivity index is 2.45. The highest BCUT2D eigenvalue weighted by atomic mass is 16.5. The lowest BCUT2D eigenvalue weighted by molar-refractivity contribution is 0.476. The normalized spacial score (nSPS) is 11.6. The zero-order valence-corrected chi connectivity index (χ0v) is 15.6. The molecule has 1 aromatic rings. The van der Waals surface area contributed by atoms with Gasteiger partial charge in [0, 0.05) is 11.3 Å². The first-order chi connectivity index (χ1) is 11.8. The van der Waals surface area contributed by atoms with E-state index < -0.39 is 0 Å². The predicted octanol–water partition coefficient (Wildman–Crippen LogP) is 7.12. The van der Waals surface area contributed by atoms with Gasteiger partial charge in [-0.3, -0.25) is 0 Å². The van der Waals surface area contributed by atoms with Gasteiger partial charge in [-0.1, -0.05) is 64.5 Å². The van der Waals surface area contributed by atoms with Crippen molar-refractivity contribution in [1.29, 1.82) is 0 Å². The molecule has 0 atom stereocenters. The molecule has 0 heterocycles. The van der Waals surface area contributed by atoms with Gasteiger partial charge in [-0.25, -0.2) is 0 Å². The Morgan fingerprint density at radius 3 is 2.21 bits per heavy atom. The van der Waals surface area contributed by atoms with Crippen LogP contribution < -0.4 is 10.5 Å². The predicted molar refractivity (Wildman–Crippen MR) is 107 cm³/mol. The molecule has 134 valence electrons. The number of unbranched alkanes of at least 4 members (excludes halogenated alkanes) is 8. The van der Waals surface area contributed by atoms with Crippen LogP contribution in [0.4, 0.5) is 5.69 Å². The summed E-state index contributed by atoms with van der Waals surface area (Å²) < 4.78 is 5.81. The summed E-state index contributed by atoms with van der Waals surface area (Å²) in [6.45, 7) is 4.47. The highest BCUT2D eigenvalue weighted by molar-refractivity contribution is 5.62. The van der Waals surface area contributed by atoms with Crippen LogP contribution >= 0.6 is 0 Å². The molecule has 0 aromatic heterocycles. The van der Waals surface area contributed by atoms with Gasteiger partial charge in [0.2, 0.25) is 0 Å². The lowest BCUT2D eigenvalue weighted by Crippen LogP contribution is -1.90. The van der Waals surface area contributed by atoms with E-state index in [1.807, 2.05) is 24.5 Å². The van der Waals surface area contributed by atoms with Crippen LogP contribution in [0.2, 0.25) is 0 Å². The molecule has 0 aliphatic heterocycles. The van der Waals surface area contributed by atoms with E-state index in [1.165, 1.54) is 51.4 Å². The molecule has 0 saturated carbocycles. The van der Waals surface area contributed by atoms with Crippen molar-refractivity contribution in [2.24, 2.45) is 0 Å².